The van der Waals surface area contributed by atoms with Crippen LogP contribution in [0.1, 0.15) is 20.3 Å². The monoisotopic (exact) mass is 213 g/mol. The highest BCUT2D eigenvalue weighted by Crippen LogP contribution is 2.27. The predicted octanol–water partition coefficient (Wildman–Crippen LogP) is 2.62. The van der Waals surface area contributed by atoms with E-state index in [1.807, 2.05) is 4.68 Å². The van der Waals surface area contributed by atoms with Crippen LogP contribution in [0.15, 0.2) is 6.20 Å². The van der Waals surface area contributed by atoms with Crippen molar-refractivity contribution in [3.63, 3.8) is 0 Å². The zero-order chi connectivity index (χ0) is 10.1. The first-order chi connectivity index (χ1) is 6.66. The lowest BCUT2D eigenvalue weighted by molar-refractivity contribution is 0.348. The molecule has 0 saturated heterocycles. The molecule has 1 atom stereocenters. The molecule has 2 heterocycles. The molecule has 3 nitrogen and oxygen atoms in total. The van der Waals surface area contributed by atoms with Crippen LogP contribution >= 0.6 is 11.6 Å². The molecule has 0 saturated carbocycles. The van der Waals surface area contributed by atoms with Crippen LogP contribution in [-0.2, 0) is 6.54 Å². The summed E-state index contributed by atoms with van der Waals surface area (Å²) in [5.74, 6) is 2.40. The van der Waals surface area contributed by atoms with Crippen molar-refractivity contribution >= 4 is 17.4 Å². The topological polar surface area (TPSA) is 29.9 Å². The number of anilines is 1. The average Bonchev–Trinajstić information content (AvgIpc) is 2.46. The fourth-order valence-corrected chi connectivity index (χ4v) is 2.26. The van der Waals surface area contributed by atoms with Crippen molar-refractivity contribution in [2.24, 2.45) is 11.8 Å². The standard InChI is InChI=1S/C10H16ClN3/c1-7(2)3-8-4-12-10-9(11)5-13-14(10)6-8/h5,7-8,12H,3-4,6H2,1-2H3. The number of hydrogen-bond donors (Lipinski definition) is 1. The highest BCUT2D eigenvalue weighted by atomic mass is 35.5. The summed E-state index contributed by atoms with van der Waals surface area (Å²) in [5, 5.41) is 8.30. The van der Waals surface area contributed by atoms with Gasteiger partial charge >= 0.3 is 0 Å². The summed E-state index contributed by atoms with van der Waals surface area (Å²) < 4.78 is 1.97. The molecule has 0 radical (unpaired) electrons. The summed E-state index contributed by atoms with van der Waals surface area (Å²) in [5.41, 5.74) is 0. The minimum Gasteiger partial charge on any atom is -0.369 e. The third-order valence-electron chi connectivity index (χ3n) is 2.59. The zero-order valence-corrected chi connectivity index (χ0v) is 9.38. The van der Waals surface area contributed by atoms with Gasteiger partial charge in [-0.3, -0.25) is 0 Å². The smallest absolute Gasteiger partial charge is 0.143 e. The Morgan fingerprint density at radius 2 is 2.50 bits per heavy atom. The molecular weight excluding hydrogens is 198 g/mol. The van der Waals surface area contributed by atoms with Gasteiger partial charge in [-0.05, 0) is 18.3 Å². The number of hydrogen-bond acceptors (Lipinski definition) is 2. The maximum Gasteiger partial charge on any atom is 0.143 e. The molecule has 1 aliphatic rings. The van der Waals surface area contributed by atoms with Crippen LogP contribution in [0, 0.1) is 11.8 Å². The lowest BCUT2D eigenvalue weighted by Crippen LogP contribution is -2.28. The number of nitrogens with one attached hydrogen (secondary N) is 1. The largest absolute Gasteiger partial charge is 0.369 e. The van der Waals surface area contributed by atoms with E-state index in [0.717, 1.165) is 29.8 Å². The van der Waals surface area contributed by atoms with E-state index in [-0.39, 0.29) is 0 Å². The third-order valence-corrected chi connectivity index (χ3v) is 2.87. The lowest BCUT2D eigenvalue weighted by atomic mass is 9.96. The van der Waals surface area contributed by atoms with Crippen LogP contribution in [-0.4, -0.2) is 16.3 Å². The van der Waals surface area contributed by atoms with Crippen LogP contribution in [0.3, 0.4) is 0 Å². The molecular formula is C10H16ClN3. The molecule has 4 heteroatoms. The Labute approximate surface area is 89.4 Å². The molecule has 0 amide bonds. The van der Waals surface area contributed by atoms with E-state index in [1.165, 1.54) is 6.42 Å². The summed E-state index contributed by atoms with van der Waals surface area (Å²) in [6.07, 6.45) is 2.95. The molecule has 0 fully saturated rings. The Morgan fingerprint density at radius 1 is 1.71 bits per heavy atom. The van der Waals surface area contributed by atoms with E-state index in [2.05, 4.69) is 24.3 Å². The van der Waals surface area contributed by atoms with Gasteiger partial charge in [0.25, 0.3) is 0 Å². The van der Waals surface area contributed by atoms with Gasteiger partial charge in [0, 0.05) is 13.1 Å². The van der Waals surface area contributed by atoms with Gasteiger partial charge in [-0.15, -0.1) is 0 Å². The van der Waals surface area contributed by atoms with Crippen molar-refractivity contribution < 1.29 is 0 Å². The molecule has 1 aromatic rings. The second kappa shape index (κ2) is 3.81. The van der Waals surface area contributed by atoms with Crippen LogP contribution in [0.4, 0.5) is 5.82 Å². The number of nitrogens with zero attached hydrogens (tertiary/aromatic N) is 2. The van der Waals surface area contributed by atoms with Crippen LogP contribution in [0.2, 0.25) is 5.02 Å². The summed E-state index contributed by atoms with van der Waals surface area (Å²) in [6, 6.07) is 0. The SMILES string of the molecule is CC(C)CC1CNc2c(Cl)cnn2C1. The quantitative estimate of drug-likeness (QED) is 0.819. The van der Waals surface area contributed by atoms with E-state index in [4.69, 9.17) is 11.6 Å². The Hall–Kier alpha value is -0.700. The number of aromatic nitrogens is 2. The second-order valence-electron chi connectivity index (χ2n) is 4.40. The van der Waals surface area contributed by atoms with Crippen molar-refractivity contribution in [1.82, 2.24) is 9.78 Å². The van der Waals surface area contributed by atoms with Crippen LogP contribution in [0.25, 0.3) is 0 Å². The molecule has 0 aromatic carbocycles. The van der Waals surface area contributed by atoms with E-state index < -0.39 is 0 Å². The highest BCUT2D eigenvalue weighted by Gasteiger charge is 2.21. The molecule has 1 N–H and O–H groups in total. The lowest BCUT2D eigenvalue weighted by Gasteiger charge is -2.26. The fourth-order valence-electron chi connectivity index (χ4n) is 2.05. The Kier molecular flexibility index (Phi) is 2.68. The van der Waals surface area contributed by atoms with Gasteiger partial charge in [-0.1, -0.05) is 25.4 Å². The second-order valence-corrected chi connectivity index (χ2v) is 4.81. The van der Waals surface area contributed by atoms with Crippen molar-refractivity contribution in [2.75, 3.05) is 11.9 Å². The fraction of sp³-hybridized carbons (Fsp3) is 0.700. The third kappa shape index (κ3) is 1.87. The minimum atomic E-state index is 0.679. The average molecular weight is 214 g/mol. The Morgan fingerprint density at radius 3 is 3.21 bits per heavy atom. The summed E-state index contributed by atoms with van der Waals surface area (Å²) in [6.45, 7) is 6.52. The van der Waals surface area contributed by atoms with E-state index in [9.17, 15) is 0 Å². The molecule has 0 bridgehead atoms. The van der Waals surface area contributed by atoms with Crippen LogP contribution in [0.5, 0.6) is 0 Å². The van der Waals surface area contributed by atoms with Gasteiger partial charge in [-0.2, -0.15) is 5.10 Å². The maximum atomic E-state index is 5.97. The summed E-state index contributed by atoms with van der Waals surface area (Å²) in [4.78, 5) is 0. The minimum absolute atomic E-state index is 0.679. The highest BCUT2D eigenvalue weighted by molar-refractivity contribution is 6.32. The van der Waals surface area contributed by atoms with E-state index in [0.29, 0.717) is 5.92 Å². The number of halogens is 1. The van der Waals surface area contributed by atoms with Crippen molar-refractivity contribution in [3.05, 3.63) is 11.2 Å². The van der Waals surface area contributed by atoms with E-state index in [1.54, 1.807) is 6.20 Å². The van der Waals surface area contributed by atoms with Crippen LogP contribution < -0.4 is 5.32 Å². The van der Waals surface area contributed by atoms with Gasteiger partial charge in [0.15, 0.2) is 0 Å². The van der Waals surface area contributed by atoms with Gasteiger partial charge < -0.3 is 5.32 Å². The van der Waals surface area contributed by atoms with Crippen molar-refractivity contribution in [1.29, 1.82) is 0 Å². The molecule has 0 spiro atoms. The van der Waals surface area contributed by atoms with E-state index >= 15 is 0 Å². The Balaban J connectivity index is 2.06. The molecule has 2 rings (SSSR count). The molecule has 1 aliphatic heterocycles. The molecule has 14 heavy (non-hydrogen) atoms. The molecule has 78 valence electrons. The first-order valence-corrected chi connectivity index (χ1v) is 5.49. The number of fused-ring (bicyclic) bond motifs is 1. The van der Waals surface area contributed by atoms with Gasteiger partial charge in [0.2, 0.25) is 0 Å². The van der Waals surface area contributed by atoms with Crippen molar-refractivity contribution in [2.45, 2.75) is 26.8 Å². The predicted molar refractivity (Wildman–Crippen MR) is 58.7 cm³/mol. The van der Waals surface area contributed by atoms with Gasteiger partial charge in [-0.25, -0.2) is 4.68 Å². The normalized spacial score (nSPS) is 20.7. The van der Waals surface area contributed by atoms with Gasteiger partial charge in [0.1, 0.15) is 10.8 Å². The molecule has 1 unspecified atom stereocenters. The van der Waals surface area contributed by atoms with Gasteiger partial charge in [0.05, 0.1) is 6.20 Å². The summed E-state index contributed by atoms with van der Waals surface area (Å²) >= 11 is 5.97. The Bertz CT molecular complexity index is 319. The molecule has 0 aliphatic carbocycles. The first-order valence-electron chi connectivity index (χ1n) is 5.12. The number of rotatable bonds is 2. The summed E-state index contributed by atoms with van der Waals surface area (Å²) in [7, 11) is 0. The first kappa shape index (κ1) is 9.84. The maximum absolute atomic E-state index is 5.97. The molecule has 1 aromatic heterocycles. The van der Waals surface area contributed by atoms with Crippen molar-refractivity contribution in [3.8, 4) is 0 Å². The zero-order valence-electron chi connectivity index (χ0n) is 8.63.